The second kappa shape index (κ2) is 5.38. The quantitative estimate of drug-likeness (QED) is 0.874. The topological polar surface area (TPSA) is 61.8 Å². The number of nitrogens with zero attached hydrogens (tertiary/aromatic N) is 1. The molecule has 4 rings (SSSR count). The lowest BCUT2D eigenvalue weighted by molar-refractivity contribution is 0.0870. The molecule has 2 fully saturated rings. The highest BCUT2D eigenvalue weighted by Crippen LogP contribution is 2.40. The molecule has 1 amide bonds. The first kappa shape index (κ1) is 15.8. The van der Waals surface area contributed by atoms with Gasteiger partial charge in [-0.05, 0) is 58.7 Å². The Morgan fingerprint density at radius 3 is 2.62 bits per heavy atom. The summed E-state index contributed by atoms with van der Waals surface area (Å²) in [6.07, 6.45) is 5.17. The van der Waals surface area contributed by atoms with Crippen molar-refractivity contribution in [2.45, 2.75) is 69.7 Å². The van der Waals surface area contributed by atoms with Gasteiger partial charge in [0, 0.05) is 30.1 Å². The Morgan fingerprint density at radius 2 is 1.96 bits per heavy atom. The van der Waals surface area contributed by atoms with E-state index in [1.165, 1.54) is 18.9 Å². The fourth-order valence-corrected chi connectivity index (χ4v) is 4.66. The molecule has 130 valence electrons. The molecule has 0 saturated carbocycles. The summed E-state index contributed by atoms with van der Waals surface area (Å²) in [4.78, 5) is 15.3. The number of benzene rings is 1. The van der Waals surface area contributed by atoms with Gasteiger partial charge in [-0.3, -0.25) is 4.79 Å². The largest absolute Gasteiger partial charge is 0.508 e. The summed E-state index contributed by atoms with van der Waals surface area (Å²) in [7, 11) is 2.19. The van der Waals surface area contributed by atoms with Gasteiger partial charge in [0.15, 0.2) is 0 Å². The molecule has 2 unspecified atom stereocenters. The number of hydrogen-bond acceptors (Lipinski definition) is 4. The van der Waals surface area contributed by atoms with Crippen LogP contribution in [0.3, 0.4) is 0 Å². The van der Waals surface area contributed by atoms with Crippen molar-refractivity contribution < 1.29 is 14.6 Å². The minimum Gasteiger partial charge on any atom is -0.508 e. The summed E-state index contributed by atoms with van der Waals surface area (Å²) >= 11 is 0. The van der Waals surface area contributed by atoms with E-state index in [0.29, 0.717) is 29.8 Å². The number of amides is 1. The van der Waals surface area contributed by atoms with Gasteiger partial charge in [-0.2, -0.15) is 0 Å². The molecular weight excluding hydrogens is 304 g/mol. The number of piperidine rings is 1. The maximum Gasteiger partial charge on any atom is 0.255 e. The van der Waals surface area contributed by atoms with E-state index in [2.05, 4.69) is 17.3 Å². The SMILES string of the molecule is CN1C2CCC1CC(NC(=O)c1cc(O)cc3c1OC(C)(C)C3)C2. The fraction of sp³-hybridized carbons (Fsp3) is 0.632. The highest BCUT2D eigenvalue weighted by Gasteiger charge is 2.40. The minimum atomic E-state index is -0.336. The summed E-state index contributed by atoms with van der Waals surface area (Å²) in [5.41, 5.74) is 1.04. The van der Waals surface area contributed by atoms with E-state index < -0.39 is 0 Å². The highest BCUT2D eigenvalue weighted by atomic mass is 16.5. The van der Waals surface area contributed by atoms with E-state index >= 15 is 0 Å². The van der Waals surface area contributed by atoms with Crippen LogP contribution in [0, 0.1) is 0 Å². The lowest BCUT2D eigenvalue weighted by atomic mass is 9.97. The number of nitrogens with one attached hydrogen (secondary N) is 1. The van der Waals surface area contributed by atoms with E-state index in [0.717, 1.165) is 18.4 Å². The molecule has 3 aliphatic heterocycles. The first-order chi connectivity index (χ1) is 11.3. The smallest absolute Gasteiger partial charge is 0.255 e. The van der Waals surface area contributed by atoms with Gasteiger partial charge in [-0.25, -0.2) is 0 Å². The van der Waals surface area contributed by atoms with Gasteiger partial charge in [0.1, 0.15) is 17.1 Å². The van der Waals surface area contributed by atoms with Crippen molar-refractivity contribution in [2.75, 3.05) is 7.05 Å². The van der Waals surface area contributed by atoms with Gasteiger partial charge >= 0.3 is 0 Å². The average Bonchev–Trinajstić information content (AvgIpc) is 2.88. The zero-order valence-electron chi connectivity index (χ0n) is 14.6. The molecule has 0 spiro atoms. The fourth-order valence-electron chi connectivity index (χ4n) is 4.66. The van der Waals surface area contributed by atoms with Crippen molar-refractivity contribution in [1.82, 2.24) is 10.2 Å². The number of carbonyl (C=O) groups excluding carboxylic acids is 1. The molecule has 2 N–H and O–H groups in total. The minimum absolute atomic E-state index is 0.128. The second-order valence-corrected chi connectivity index (χ2v) is 8.21. The van der Waals surface area contributed by atoms with Crippen LogP contribution in [0.4, 0.5) is 0 Å². The average molecular weight is 330 g/mol. The summed E-state index contributed by atoms with van der Waals surface area (Å²) < 4.78 is 5.98. The molecule has 3 heterocycles. The van der Waals surface area contributed by atoms with Crippen molar-refractivity contribution >= 4 is 5.91 Å². The van der Waals surface area contributed by atoms with Gasteiger partial charge in [-0.1, -0.05) is 0 Å². The van der Waals surface area contributed by atoms with Crippen molar-refractivity contribution in [3.05, 3.63) is 23.3 Å². The van der Waals surface area contributed by atoms with E-state index in [1.807, 2.05) is 13.8 Å². The Hall–Kier alpha value is -1.75. The van der Waals surface area contributed by atoms with Crippen LogP contribution in [0.5, 0.6) is 11.5 Å². The predicted molar refractivity (Wildman–Crippen MR) is 91.6 cm³/mol. The third kappa shape index (κ3) is 2.65. The molecule has 2 atom stereocenters. The molecule has 0 aliphatic carbocycles. The molecule has 0 radical (unpaired) electrons. The van der Waals surface area contributed by atoms with Gasteiger partial charge in [0.05, 0.1) is 5.56 Å². The van der Waals surface area contributed by atoms with Crippen LogP contribution >= 0.6 is 0 Å². The molecule has 5 heteroatoms. The number of carbonyl (C=O) groups is 1. The zero-order valence-corrected chi connectivity index (χ0v) is 14.6. The zero-order chi connectivity index (χ0) is 17.1. The molecule has 0 aromatic heterocycles. The molecule has 1 aromatic carbocycles. The Bertz CT molecular complexity index is 671. The number of aromatic hydroxyl groups is 1. The van der Waals surface area contributed by atoms with Gasteiger partial charge in [0.25, 0.3) is 5.91 Å². The van der Waals surface area contributed by atoms with E-state index in [1.54, 1.807) is 6.07 Å². The lowest BCUT2D eigenvalue weighted by Gasteiger charge is -2.36. The first-order valence-corrected chi connectivity index (χ1v) is 8.90. The molecular formula is C19H26N2O3. The van der Waals surface area contributed by atoms with Gasteiger partial charge in [-0.15, -0.1) is 0 Å². The standard InChI is InChI=1S/C19H26N2O3/c1-19(2)10-11-6-15(22)9-16(17(11)24-19)18(23)20-12-7-13-4-5-14(8-12)21(13)3/h6,9,12-14,22H,4-5,7-8,10H2,1-3H3,(H,20,23). The van der Waals surface area contributed by atoms with Crippen LogP contribution < -0.4 is 10.1 Å². The van der Waals surface area contributed by atoms with Gasteiger partial charge < -0.3 is 20.1 Å². The molecule has 2 saturated heterocycles. The van der Waals surface area contributed by atoms with Crippen LogP contribution in [0.2, 0.25) is 0 Å². The van der Waals surface area contributed by atoms with Crippen LogP contribution in [0.25, 0.3) is 0 Å². The van der Waals surface area contributed by atoms with Crippen molar-refractivity contribution in [3.8, 4) is 11.5 Å². The predicted octanol–water partition coefficient (Wildman–Crippen LogP) is 2.46. The third-order valence-corrected chi connectivity index (χ3v) is 5.82. The lowest BCUT2D eigenvalue weighted by Crippen LogP contribution is -2.48. The second-order valence-electron chi connectivity index (χ2n) is 8.21. The Balaban J connectivity index is 1.54. The highest BCUT2D eigenvalue weighted by molar-refractivity contribution is 5.98. The van der Waals surface area contributed by atoms with Crippen molar-refractivity contribution in [2.24, 2.45) is 0 Å². The first-order valence-electron chi connectivity index (χ1n) is 8.90. The number of phenols is 1. The molecule has 2 bridgehead atoms. The maximum atomic E-state index is 12.8. The Kier molecular flexibility index (Phi) is 3.53. The van der Waals surface area contributed by atoms with Crippen LogP contribution in [0.1, 0.15) is 55.5 Å². The summed E-state index contributed by atoms with van der Waals surface area (Å²) in [5, 5.41) is 13.2. The maximum absolute atomic E-state index is 12.8. The van der Waals surface area contributed by atoms with Gasteiger partial charge in [0.2, 0.25) is 0 Å². The number of ether oxygens (including phenoxy) is 1. The van der Waals surface area contributed by atoms with Crippen molar-refractivity contribution in [1.29, 1.82) is 0 Å². The summed E-state index contributed by atoms with van der Waals surface area (Å²) in [6.45, 7) is 4.00. The molecule has 1 aromatic rings. The Morgan fingerprint density at radius 1 is 1.29 bits per heavy atom. The van der Waals surface area contributed by atoms with Crippen LogP contribution in [-0.4, -0.2) is 46.7 Å². The van der Waals surface area contributed by atoms with E-state index in [-0.39, 0.29) is 23.3 Å². The van der Waals surface area contributed by atoms with Crippen LogP contribution in [0.15, 0.2) is 12.1 Å². The molecule has 24 heavy (non-hydrogen) atoms. The number of fused-ring (bicyclic) bond motifs is 3. The van der Waals surface area contributed by atoms with Crippen molar-refractivity contribution in [3.63, 3.8) is 0 Å². The molecule has 3 aliphatic rings. The summed E-state index contributed by atoms with van der Waals surface area (Å²) in [5.74, 6) is 0.628. The number of hydrogen-bond donors (Lipinski definition) is 2. The number of phenolic OH excluding ortho intramolecular Hbond substituents is 1. The number of rotatable bonds is 2. The summed E-state index contributed by atoms with van der Waals surface area (Å²) in [6, 6.07) is 4.60. The third-order valence-electron chi connectivity index (χ3n) is 5.82. The van der Waals surface area contributed by atoms with E-state index in [4.69, 9.17) is 4.74 Å². The normalized spacial score (nSPS) is 30.7. The Labute approximate surface area is 143 Å². The molecule has 5 nitrogen and oxygen atoms in total. The van der Waals surface area contributed by atoms with E-state index in [9.17, 15) is 9.90 Å². The monoisotopic (exact) mass is 330 g/mol. The van der Waals surface area contributed by atoms with Crippen LogP contribution in [-0.2, 0) is 6.42 Å².